The maximum atomic E-state index is 10.8. The lowest BCUT2D eigenvalue weighted by Gasteiger charge is -2.30. The molecule has 0 aliphatic rings. The molecule has 0 aromatic carbocycles. The topological polar surface area (TPSA) is 225 Å². The van der Waals surface area contributed by atoms with Gasteiger partial charge in [-0.05, 0) is 11.6 Å². The maximum Gasteiger partial charge on any atom is 0.273 e. The van der Waals surface area contributed by atoms with Crippen molar-refractivity contribution in [2.24, 2.45) is 0 Å². The molecule has 12 nitrogen and oxygen atoms in total. The smallest absolute Gasteiger partial charge is 0.273 e. The van der Waals surface area contributed by atoms with Gasteiger partial charge in [0.2, 0.25) is 0 Å². The molecule has 0 saturated carbocycles. The normalized spacial score (nSPS) is 20.1. The second-order valence-corrected chi connectivity index (χ2v) is 6.05. The lowest BCUT2D eigenvalue weighted by molar-refractivity contribution is -0.143. The Balaban J connectivity index is 0. The molecule has 0 unspecified atom stereocenters. The molecule has 7 atom stereocenters. The number of hydrogen-bond acceptors (Lipinski definition) is 12. The van der Waals surface area contributed by atoms with Crippen LogP contribution in [0.3, 0.4) is 0 Å². The van der Waals surface area contributed by atoms with Crippen LogP contribution in [0.4, 0.5) is 0 Å². The van der Waals surface area contributed by atoms with E-state index in [2.05, 4.69) is 4.29 Å². The van der Waals surface area contributed by atoms with Crippen LogP contribution >= 0.6 is 35.1 Å². The summed E-state index contributed by atoms with van der Waals surface area (Å²) in [6.45, 7) is -2.54. The van der Waals surface area contributed by atoms with Gasteiger partial charge >= 0.3 is 0 Å². The highest BCUT2D eigenvalue weighted by atomic mass is 35.5. The van der Waals surface area contributed by atoms with Crippen LogP contribution in [0.1, 0.15) is 0 Å². The van der Waals surface area contributed by atoms with Crippen molar-refractivity contribution < 1.29 is 59.8 Å². The summed E-state index contributed by atoms with van der Waals surface area (Å²) in [7, 11) is 0. The first kappa shape index (κ1) is 29.0. The number of aliphatic hydroxyl groups is 9. The van der Waals surface area contributed by atoms with Gasteiger partial charge in [-0.3, -0.25) is 9.59 Å². The van der Waals surface area contributed by atoms with Crippen LogP contribution in [0.5, 0.6) is 0 Å². The van der Waals surface area contributed by atoms with Crippen molar-refractivity contribution in [2.75, 3.05) is 19.8 Å². The van der Waals surface area contributed by atoms with E-state index in [1.54, 1.807) is 0 Å². The van der Waals surface area contributed by atoms with Crippen molar-refractivity contribution in [3.63, 3.8) is 0 Å². The lowest BCUT2D eigenvalue weighted by Crippen LogP contribution is -2.54. The first-order valence-corrected chi connectivity index (χ1v) is 8.04. The molecule has 0 rings (SSSR count). The zero-order chi connectivity index (χ0) is 21.9. The van der Waals surface area contributed by atoms with Gasteiger partial charge in [-0.2, -0.15) is 0 Å². The predicted molar refractivity (Wildman–Crippen MR) is 88.7 cm³/mol. The van der Waals surface area contributed by atoms with Gasteiger partial charge in [-0.25, -0.2) is 4.29 Å². The van der Waals surface area contributed by atoms with E-state index in [9.17, 15) is 19.8 Å². The summed E-state index contributed by atoms with van der Waals surface area (Å²) in [4.78, 5) is 21.3. The zero-order valence-corrected chi connectivity index (χ0v) is 15.7. The quantitative estimate of drug-likeness (QED) is 0.104. The summed E-state index contributed by atoms with van der Waals surface area (Å²) in [5, 5.41) is 75.1. The minimum Gasteiger partial charge on any atom is -0.394 e. The van der Waals surface area contributed by atoms with Crippen molar-refractivity contribution in [2.45, 2.75) is 41.7 Å². The third-order valence-corrected chi connectivity index (χ3v) is 4.23. The monoisotopic (exact) mass is 462 g/mol. The fraction of sp³-hybridized carbons (Fsp3) is 0.833. The Morgan fingerprint density at radius 3 is 1.59 bits per heavy atom. The number of aliphatic hydroxyl groups excluding tert-OH is 9. The van der Waals surface area contributed by atoms with Crippen molar-refractivity contribution in [3.8, 4) is 0 Å². The second kappa shape index (κ2) is 13.9. The number of halogens is 3. The van der Waals surface area contributed by atoms with Crippen LogP contribution in [-0.2, 0) is 13.9 Å². The van der Waals surface area contributed by atoms with Gasteiger partial charge < -0.3 is 46.0 Å². The highest BCUT2D eigenvalue weighted by molar-refractivity contribution is 6.70. The average Bonchev–Trinajstić information content (AvgIpc) is 2.68. The molecule has 0 heterocycles. The number of rotatable bonds is 11. The van der Waals surface area contributed by atoms with Crippen molar-refractivity contribution in [3.05, 3.63) is 0 Å². The fourth-order valence-electron chi connectivity index (χ4n) is 1.33. The molecule has 162 valence electrons. The molecule has 15 heteroatoms. The van der Waals surface area contributed by atoms with Gasteiger partial charge in [-0.15, -0.1) is 0 Å². The SMILES string of the molecule is O=C(CO)[C@@H](O)[C@H](O)[C@H](O)CO.O=C(Cl)[C@](Cl)(OCl)[C@@H](O)[C@H](O)[C@H](O)CO. The Bertz CT molecular complexity index is 455. The standard InChI is InChI=1S/C6H9Cl3O6.C6H12O6/c7-5(14)6(8,15-9)4(13)3(12)2(11)1-10;7-1-3(9)5(11)6(12)4(10)2-8/h2-4,10-13H,1H2;3,5-9,11-12H,1-2H2/t2-,3-,4+,6-;3-,5-,6-/m11/s1. The van der Waals surface area contributed by atoms with E-state index in [4.69, 9.17) is 70.8 Å². The van der Waals surface area contributed by atoms with E-state index in [0.29, 0.717) is 0 Å². The predicted octanol–water partition coefficient (Wildman–Crippen LogP) is -4.44. The van der Waals surface area contributed by atoms with Crippen LogP contribution < -0.4 is 0 Å². The van der Waals surface area contributed by atoms with Gasteiger partial charge in [-0.1, -0.05) is 11.6 Å². The lowest BCUT2D eigenvalue weighted by atomic mass is 10.0. The van der Waals surface area contributed by atoms with E-state index in [1.807, 2.05) is 0 Å². The largest absolute Gasteiger partial charge is 0.394 e. The summed E-state index contributed by atoms with van der Waals surface area (Å²) in [6.07, 6.45) is -11.0. The maximum absolute atomic E-state index is 10.8. The molecule has 0 aromatic heterocycles. The molecule has 0 aliphatic heterocycles. The van der Waals surface area contributed by atoms with Crippen LogP contribution in [0.15, 0.2) is 0 Å². The molecular formula is C12H21Cl3O12. The molecule has 0 aromatic rings. The molecule has 0 bridgehead atoms. The minimum absolute atomic E-state index is 0.767. The first-order valence-electron chi connectivity index (χ1n) is 6.97. The Labute approximate surface area is 167 Å². The summed E-state index contributed by atoms with van der Waals surface area (Å²) < 4.78 is 3.93. The Kier molecular flexibility index (Phi) is 14.9. The number of ketones is 1. The third-order valence-electron chi connectivity index (χ3n) is 3.06. The summed E-state index contributed by atoms with van der Waals surface area (Å²) in [6, 6.07) is 0. The zero-order valence-electron chi connectivity index (χ0n) is 13.5. The Morgan fingerprint density at radius 1 is 0.889 bits per heavy atom. The van der Waals surface area contributed by atoms with Gasteiger partial charge in [0, 0.05) is 0 Å². The number of alkyl halides is 1. The number of carbonyl (C=O) groups excluding carboxylic acids is 2. The van der Waals surface area contributed by atoms with E-state index in [1.165, 1.54) is 0 Å². The highest BCUT2D eigenvalue weighted by Crippen LogP contribution is 2.29. The molecule has 9 N–H and O–H groups in total. The van der Waals surface area contributed by atoms with Gasteiger partial charge in [0.1, 0.15) is 43.2 Å². The molecule has 0 radical (unpaired) electrons. The number of Topliss-reactive ketones (excluding diaryl/α,β-unsaturated/α-hetero) is 1. The summed E-state index contributed by atoms with van der Waals surface area (Å²) >= 11 is 15.2. The van der Waals surface area contributed by atoms with Gasteiger partial charge in [0.05, 0.1) is 25.1 Å². The van der Waals surface area contributed by atoms with E-state index in [-0.39, 0.29) is 0 Å². The van der Waals surface area contributed by atoms with E-state index in [0.717, 1.165) is 0 Å². The summed E-state index contributed by atoms with van der Waals surface area (Å²) in [5.74, 6) is -1.00. The van der Waals surface area contributed by atoms with Crippen molar-refractivity contribution >= 4 is 46.1 Å². The van der Waals surface area contributed by atoms with E-state index >= 15 is 0 Å². The van der Waals surface area contributed by atoms with E-state index < -0.39 is 72.5 Å². The first-order chi connectivity index (χ1) is 12.3. The summed E-state index contributed by atoms with van der Waals surface area (Å²) in [5.41, 5.74) is 0. The molecule has 27 heavy (non-hydrogen) atoms. The van der Waals surface area contributed by atoms with Crippen LogP contribution in [0, 0.1) is 0 Å². The van der Waals surface area contributed by atoms with Gasteiger partial charge in [0.15, 0.2) is 5.78 Å². The third kappa shape index (κ3) is 8.79. The molecule has 0 amide bonds. The second-order valence-electron chi connectivity index (χ2n) is 4.99. The minimum atomic E-state index is -2.60. The van der Waals surface area contributed by atoms with Crippen LogP contribution in [-0.4, -0.2) is 118 Å². The molecule has 0 saturated heterocycles. The Hall–Kier alpha value is -0.190. The van der Waals surface area contributed by atoms with Crippen molar-refractivity contribution in [1.82, 2.24) is 0 Å². The number of carbonyl (C=O) groups is 2. The average molecular weight is 464 g/mol. The molecule has 0 spiro atoms. The van der Waals surface area contributed by atoms with Gasteiger partial charge in [0.25, 0.3) is 10.3 Å². The fourth-order valence-corrected chi connectivity index (χ4v) is 1.81. The molecule has 0 fully saturated rings. The number of hydrogen-bond donors (Lipinski definition) is 9. The van der Waals surface area contributed by atoms with Crippen LogP contribution in [0.25, 0.3) is 0 Å². The van der Waals surface area contributed by atoms with Crippen LogP contribution in [0.2, 0.25) is 0 Å². The molecule has 0 aliphatic carbocycles. The highest BCUT2D eigenvalue weighted by Gasteiger charge is 2.49. The Morgan fingerprint density at radius 2 is 1.30 bits per heavy atom. The molecular weight excluding hydrogens is 442 g/mol. The van der Waals surface area contributed by atoms with Crippen molar-refractivity contribution in [1.29, 1.82) is 0 Å².